The van der Waals surface area contributed by atoms with Crippen LogP contribution in [0.15, 0.2) is 47.3 Å². The Morgan fingerprint density at radius 1 is 1.18 bits per heavy atom. The zero-order valence-electron chi connectivity index (χ0n) is 20.4. The number of carbonyl (C=O) groups excluding carboxylic acids is 1. The second-order valence-corrected chi connectivity index (χ2v) is 9.75. The normalized spacial score (nSPS) is 17.8. The van der Waals surface area contributed by atoms with Gasteiger partial charge in [0.15, 0.2) is 0 Å². The Balaban J connectivity index is 1.48. The molecule has 2 atom stereocenters. The number of unbranched alkanes of at least 4 members (excludes halogenated alkanes) is 1. The van der Waals surface area contributed by atoms with Crippen LogP contribution in [0, 0.1) is 0 Å². The zero-order chi connectivity index (χ0) is 24.4. The van der Waals surface area contributed by atoms with E-state index < -0.39 is 0 Å². The standard InChI is InChI=1S/C27H33ClN4O2/c1-5-6-7-20-8-10-21(11-9-20)26(33)32-15-14-31(17-18(32)2)19(3)25-29-24-16-22(28)12-13-23(24)27(34)30(25)4/h8-13,16,18-19H,5-7,14-15,17H2,1-4H3. The van der Waals surface area contributed by atoms with Gasteiger partial charge in [0, 0.05) is 43.3 Å². The molecule has 0 spiro atoms. The number of fused-ring (bicyclic) bond motifs is 1. The second kappa shape index (κ2) is 10.3. The fourth-order valence-electron chi connectivity index (χ4n) is 4.80. The lowest BCUT2D eigenvalue weighted by atomic mass is 10.0. The highest BCUT2D eigenvalue weighted by atomic mass is 35.5. The van der Waals surface area contributed by atoms with Gasteiger partial charge in [0.2, 0.25) is 0 Å². The lowest BCUT2D eigenvalue weighted by molar-refractivity contribution is 0.0392. The number of halogens is 1. The third-order valence-electron chi connectivity index (χ3n) is 6.93. The first kappa shape index (κ1) is 24.4. The largest absolute Gasteiger partial charge is 0.333 e. The minimum Gasteiger partial charge on any atom is -0.333 e. The van der Waals surface area contributed by atoms with Crippen LogP contribution in [-0.4, -0.2) is 50.9 Å². The monoisotopic (exact) mass is 480 g/mol. The van der Waals surface area contributed by atoms with E-state index in [1.807, 2.05) is 17.0 Å². The van der Waals surface area contributed by atoms with Crippen molar-refractivity contribution in [2.75, 3.05) is 19.6 Å². The summed E-state index contributed by atoms with van der Waals surface area (Å²) in [6.45, 7) is 8.40. The van der Waals surface area contributed by atoms with Crippen molar-refractivity contribution in [3.05, 3.63) is 74.8 Å². The van der Waals surface area contributed by atoms with E-state index in [1.54, 1.807) is 29.8 Å². The number of hydrogen-bond acceptors (Lipinski definition) is 4. The molecule has 0 bridgehead atoms. The molecule has 2 aromatic carbocycles. The Labute approximate surface area is 206 Å². The Morgan fingerprint density at radius 2 is 1.91 bits per heavy atom. The molecule has 1 fully saturated rings. The molecule has 3 aromatic rings. The van der Waals surface area contributed by atoms with E-state index in [4.69, 9.17) is 16.6 Å². The van der Waals surface area contributed by atoms with Gasteiger partial charge in [-0.2, -0.15) is 0 Å². The Kier molecular flexibility index (Phi) is 7.39. The molecule has 1 aliphatic heterocycles. The lowest BCUT2D eigenvalue weighted by Crippen LogP contribution is -2.54. The molecule has 4 rings (SSSR count). The minimum absolute atomic E-state index is 0.0513. The highest BCUT2D eigenvalue weighted by molar-refractivity contribution is 6.31. The molecule has 1 amide bonds. The van der Waals surface area contributed by atoms with Crippen LogP contribution in [0.2, 0.25) is 5.02 Å². The maximum Gasteiger partial charge on any atom is 0.261 e. The van der Waals surface area contributed by atoms with Gasteiger partial charge in [0.1, 0.15) is 5.82 Å². The van der Waals surface area contributed by atoms with E-state index >= 15 is 0 Å². The fraction of sp³-hybridized carbons (Fsp3) is 0.444. The number of piperazine rings is 1. The minimum atomic E-state index is -0.0761. The van der Waals surface area contributed by atoms with E-state index in [-0.39, 0.29) is 23.6 Å². The van der Waals surface area contributed by atoms with E-state index in [0.717, 1.165) is 31.4 Å². The van der Waals surface area contributed by atoms with Crippen LogP contribution in [0.5, 0.6) is 0 Å². The summed E-state index contributed by atoms with van der Waals surface area (Å²) in [6.07, 6.45) is 3.38. The van der Waals surface area contributed by atoms with Crippen molar-refractivity contribution < 1.29 is 4.79 Å². The summed E-state index contributed by atoms with van der Waals surface area (Å²) >= 11 is 6.14. The first-order valence-electron chi connectivity index (χ1n) is 12.1. The van der Waals surface area contributed by atoms with E-state index in [2.05, 4.69) is 37.8 Å². The lowest BCUT2D eigenvalue weighted by Gasteiger charge is -2.42. The summed E-state index contributed by atoms with van der Waals surface area (Å²) in [5.74, 6) is 0.780. The van der Waals surface area contributed by atoms with E-state index in [1.165, 1.54) is 5.56 Å². The number of aryl methyl sites for hydroxylation is 1. The SMILES string of the molecule is CCCCc1ccc(C(=O)N2CCN(C(C)c3nc4cc(Cl)ccc4c(=O)n3C)CC2C)cc1. The molecule has 1 aliphatic rings. The molecular formula is C27H33ClN4O2. The summed E-state index contributed by atoms with van der Waals surface area (Å²) < 4.78 is 1.63. The number of aromatic nitrogens is 2. The molecule has 7 heteroatoms. The van der Waals surface area contributed by atoms with Crippen molar-refractivity contribution in [1.29, 1.82) is 0 Å². The number of hydrogen-bond donors (Lipinski definition) is 0. The smallest absolute Gasteiger partial charge is 0.261 e. The topological polar surface area (TPSA) is 58.4 Å². The van der Waals surface area contributed by atoms with Crippen LogP contribution in [0.4, 0.5) is 0 Å². The molecule has 0 radical (unpaired) electrons. The second-order valence-electron chi connectivity index (χ2n) is 9.31. The number of rotatable bonds is 6. The summed E-state index contributed by atoms with van der Waals surface area (Å²) in [6, 6.07) is 13.2. The van der Waals surface area contributed by atoms with Crippen molar-refractivity contribution in [2.45, 2.75) is 52.1 Å². The molecule has 1 aromatic heterocycles. The number of carbonyl (C=O) groups is 1. The average molecular weight is 481 g/mol. The summed E-state index contributed by atoms with van der Waals surface area (Å²) in [7, 11) is 1.77. The van der Waals surface area contributed by atoms with Crippen molar-refractivity contribution in [3.63, 3.8) is 0 Å². The molecule has 2 unspecified atom stereocenters. The molecule has 2 heterocycles. The van der Waals surface area contributed by atoms with Gasteiger partial charge < -0.3 is 4.90 Å². The highest BCUT2D eigenvalue weighted by Gasteiger charge is 2.32. The zero-order valence-corrected chi connectivity index (χ0v) is 21.2. The number of benzene rings is 2. The predicted octanol–water partition coefficient (Wildman–Crippen LogP) is 4.84. The van der Waals surface area contributed by atoms with Crippen molar-refractivity contribution in [1.82, 2.24) is 19.4 Å². The third-order valence-corrected chi connectivity index (χ3v) is 7.17. The summed E-state index contributed by atoms with van der Waals surface area (Å²) in [4.78, 5) is 35.1. The van der Waals surface area contributed by atoms with Gasteiger partial charge >= 0.3 is 0 Å². The number of amides is 1. The van der Waals surface area contributed by atoms with Gasteiger partial charge in [0.25, 0.3) is 11.5 Å². The first-order chi connectivity index (χ1) is 16.3. The van der Waals surface area contributed by atoms with Gasteiger partial charge in [-0.1, -0.05) is 37.1 Å². The average Bonchev–Trinajstić information content (AvgIpc) is 2.84. The van der Waals surface area contributed by atoms with Crippen LogP contribution in [0.3, 0.4) is 0 Å². The van der Waals surface area contributed by atoms with Crippen molar-refractivity contribution in [2.24, 2.45) is 7.05 Å². The Morgan fingerprint density at radius 3 is 2.59 bits per heavy atom. The van der Waals surface area contributed by atoms with Crippen LogP contribution in [0.1, 0.15) is 61.4 Å². The van der Waals surface area contributed by atoms with Crippen molar-refractivity contribution >= 4 is 28.4 Å². The summed E-state index contributed by atoms with van der Waals surface area (Å²) in [5.41, 5.74) is 2.55. The maximum atomic E-state index is 13.2. The van der Waals surface area contributed by atoms with Gasteiger partial charge in [-0.05, 0) is 62.6 Å². The van der Waals surface area contributed by atoms with Crippen LogP contribution < -0.4 is 5.56 Å². The quantitative estimate of drug-likeness (QED) is 0.506. The maximum absolute atomic E-state index is 13.2. The Hall–Kier alpha value is -2.70. The van der Waals surface area contributed by atoms with Crippen LogP contribution >= 0.6 is 11.6 Å². The summed E-state index contributed by atoms with van der Waals surface area (Å²) in [5, 5.41) is 1.12. The van der Waals surface area contributed by atoms with Crippen LogP contribution in [-0.2, 0) is 13.5 Å². The fourth-order valence-corrected chi connectivity index (χ4v) is 4.96. The van der Waals surface area contributed by atoms with E-state index in [9.17, 15) is 9.59 Å². The van der Waals surface area contributed by atoms with Crippen LogP contribution in [0.25, 0.3) is 10.9 Å². The number of nitrogens with zero attached hydrogens (tertiary/aromatic N) is 4. The van der Waals surface area contributed by atoms with E-state index in [0.29, 0.717) is 34.8 Å². The first-order valence-corrected chi connectivity index (χ1v) is 12.5. The molecule has 34 heavy (non-hydrogen) atoms. The molecule has 0 saturated carbocycles. The molecule has 1 saturated heterocycles. The molecule has 0 aliphatic carbocycles. The van der Waals surface area contributed by atoms with Gasteiger partial charge in [-0.25, -0.2) is 4.98 Å². The molecule has 0 N–H and O–H groups in total. The van der Waals surface area contributed by atoms with Crippen molar-refractivity contribution in [3.8, 4) is 0 Å². The molecule has 6 nitrogen and oxygen atoms in total. The van der Waals surface area contributed by atoms with Gasteiger partial charge in [-0.15, -0.1) is 0 Å². The molecular weight excluding hydrogens is 448 g/mol. The Bertz CT molecular complexity index is 1240. The highest BCUT2D eigenvalue weighted by Crippen LogP contribution is 2.25. The molecule has 180 valence electrons. The predicted molar refractivity (Wildman–Crippen MR) is 138 cm³/mol. The van der Waals surface area contributed by atoms with Gasteiger partial charge in [0.05, 0.1) is 16.9 Å². The van der Waals surface area contributed by atoms with Gasteiger partial charge in [-0.3, -0.25) is 19.1 Å². The third kappa shape index (κ3) is 4.89.